The van der Waals surface area contributed by atoms with Crippen molar-refractivity contribution >= 4 is 0 Å². The van der Waals surface area contributed by atoms with E-state index in [9.17, 15) is 4.39 Å². The zero-order valence-electron chi connectivity index (χ0n) is 8.99. The van der Waals surface area contributed by atoms with Gasteiger partial charge in [-0.2, -0.15) is 0 Å². The standard InChI is InChI=1S/C12H17FN2/c1-15-8-4-7-11(14)12(15)9-5-2-3-6-10(9)13/h2-3,5-6,11-12H,4,7-8,14H2,1H3. The molecule has 1 aromatic carbocycles. The van der Waals surface area contributed by atoms with E-state index in [4.69, 9.17) is 5.73 Å². The fraction of sp³-hybridized carbons (Fsp3) is 0.500. The third kappa shape index (κ3) is 2.03. The van der Waals surface area contributed by atoms with Crippen LogP contribution < -0.4 is 5.73 Å². The average molecular weight is 208 g/mol. The normalized spacial score (nSPS) is 27.9. The molecule has 1 aliphatic heterocycles. The Morgan fingerprint density at radius 1 is 1.40 bits per heavy atom. The molecule has 1 fully saturated rings. The maximum absolute atomic E-state index is 13.6. The number of hydrogen-bond donors (Lipinski definition) is 1. The maximum Gasteiger partial charge on any atom is 0.128 e. The van der Waals surface area contributed by atoms with Crippen LogP contribution in [-0.2, 0) is 0 Å². The minimum absolute atomic E-state index is 0.0277. The lowest BCUT2D eigenvalue weighted by atomic mass is 9.91. The Hall–Kier alpha value is -0.930. The summed E-state index contributed by atoms with van der Waals surface area (Å²) in [5, 5.41) is 0. The molecule has 0 aliphatic carbocycles. The van der Waals surface area contributed by atoms with Crippen LogP contribution in [-0.4, -0.2) is 24.5 Å². The Balaban J connectivity index is 2.31. The van der Waals surface area contributed by atoms with E-state index in [1.54, 1.807) is 6.07 Å². The van der Waals surface area contributed by atoms with Gasteiger partial charge in [0.15, 0.2) is 0 Å². The monoisotopic (exact) mass is 208 g/mol. The molecule has 3 heteroatoms. The molecule has 15 heavy (non-hydrogen) atoms. The molecule has 0 bridgehead atoms. The zero-order chi connectivity index (χ0) is 10.8. The minimum atomic E-state index is -0.147. The quantitative estimate of drug-likeness (QED) is 0.764. The topological polar surface area (TPSA) is 29.3 Å². The van der Waals surface area contributed by atoms with Crippen molar-refractivity contribution in [1.29, 1.82) is 0 Å². The SMILES string of the molecule is CN1CCCC(N)C1c1ccccc1F. The first-order valence-corrected chi connectivity index (χ1v) is 5.40. The van der Waals surface area contributed by atoms with Gasteiger partial charge in [0.1, 0.15) is 5.82 Å². The highest BCUT2D eigenvalue weighted by Crippen LogP contribution is 2.30. The molecule has 0 amide bonds. The van der Waals surface area contributed by atoms with Crippen molar-refractivity contribution in [3.63, 3.8) is 0 Å². The van der Waals surface area contributed by atoms with Gasteiger partial charge in [-0.3, -0.25) is 4.90 Å². The summed E-state index contributed by atoms with van der Waals surface area (Å²) in [4.78, 5) is 2.15. The van der Waals surface area contributed by atoms with E-state index >= 15 is 0 Å². The number of likely N-dealkylation sites (N-methyl/N-ethyl adjacent to an activating group) is 1. The molecule has 1 aliphatic rings. The first-order valence-electron chi connectivity index (χ1n) is 5.40. The van der Waals surface area contributed by atoms with E-state index in [-0.39, 0.29) is 17.9 Å². The van der Waals surface area contributed by atoms with E-state index < -0.39 is 0 Å². The van der Waals surface area contributed by atoms with Gasteiger partial charge in [0, 0.05) is 11.6 Å². The molecular weight excluding hydrogens is 191 g/mol. The summed E-state index contributed by atoms with van der Waals surface area (Å²) < 4.78 is 13.6. The van der Waals surface area contributed by atoms with Crippen LogP contribution in [0.15, 0.2) is 24.3 Å². The van der Waals surface area contributed by atoms with Crippen LogP contribution in [0.2, 0.25) is 0 Å². The molecule has 1 heterocycles. The van der Waals surface area contributed by atoms with Crippen LogP contribution in [0.5, 0.6) is 0 Å². The van der Waals surface area contributed by atoms with Crippen molar-refractivity contribution in [1.82, 2.24) is 4.90 Å². The number of halogens is 1. The highest BCUT2D eigenvalue weighted by Gasteiger charge is 2.29. The minimum Gasteiger partial charge on any atom is -0.326 e. The van der Waals surface area contributed by atoms with Crippen molar-refractivity contribution in [2.24, 2.45) is 5.73 Å². The third-order valence-electron chi connectivity index (χ3n) is 3.15. The molecule has 2 rings (SSSR count). The van der Waals surface area contributed by atoms with Crippen molar-refractivity contribution in [2.75, 3.05) is 13.6 Å². The van der Waals surface area contributed by atoms with Crippen molar-refractivity contribution in [3.05, 3.63) is 35.6 Å². The maximum atomic E-state index is 13.6. The molecule has 2 N–H and O–H groups in total. The van der Waals surface area contributed by atoms with E-state index in [0.717, 1.165) is 24.9 Å². The Morgan fingerprint density at radius 2 is 2.13 bits per heavy atom. The van der Waals surface area contributed by atoms with Gasteiger partial charge in [0.05, 0.1) is 6.04 Å². The van der Waals surface area contributed by atoms with Crippen molar-refractivity contribution in [3.8, 4) is 0 Å². The van der Waals surface area contributed by atoms with Crippen LogP contribution in [0.1, 0.15) is 24.4 Å². The number of hydrogen-bond acceptors (Lipinski definition) is 2. The lowest BCUT2D eigenvalue weighted by Gasteiger charge is -2.37. The summed E-state index contributed by atoms with van der Waals surface area (Å²) in [5.74, 6) is -0.147. The smallest absolute Gasteiger partial charge is 0.128 e. The van der Waals surface area contributed by atoms with Gasteiger partial charge < -0.3 is 5.73 Å². The van der Waals surface area contributed by atoms with Crippen LogP contribution >= 0.6 is 0 Å². The predicted molar refractivity (Wildman–Crippen MR) is 59.0 cm³/mol. The lowest BCUT2D eigenvalue weighted by molar-refractivity contribution is 0.159. The van der Waals surface area contributed by atoms with Gasteiger partial charge in [-0.15, -0.1) is 0 Å². The lowest BCUT2D eigenvalue weighted by Crippen LogP contribution is -2.44. The Bertz CT molecular complexity index is 330. The highest BCUT2D eigenvalue weighted by molar-refractivity contribution is 5.23. The third-order valence-corrected chi connectivity index (χ3v) is 3.15. The number of piperidine rings is 1. The Labute approximate surface area is 89.9 Å². The van der Waals surface area contributed by atoms with E-state index in [2.05, 4.69) is 4.90 Å². The molecule has 1 aromatic rings. The van der Waals surface area contributed by atoms with Gasteiger partial charge in [-0.25, -0.2) is 4.39 Å². The van der Waals surface area contributed by atoms with Gasteiger partial charge in [0.25, 0.3) is 0 Å². The summed E-state index contributed by atoms with van der Waals surface area (Å²) in [6.45, 7) is 0.993. The highest BCUT2D eigenvalue weighted by atomic mass is 19.1. The van der Waals surface area contributed by atoms with Crippen LogP contribution in [0.25, 0.3) is 0 Å². The second kappa shape index (κ2) is 4.29. The molecule has 0 radical (unpaired) electrons. The van der Waals surface area contributed by atoms with Gasteiger partial charge in [0.2, 0.25) is 0 Å². The predicted octanol–water partition coefficient (Wildman–Crippen LogP) is 1.92. The first kappa shape index (κ1) is 10.6. The second-order valence-electron chi connectivity index (χ2n) is 4.25. The molecule has 1 saturated heterocycles. The van der Waals surface area contributed by atoms with Gasteiger partial charge >= 0.3 is 0 Å². The summed E-state index contributed by atoms with van der Waals surface area (Å²) in [6.07, 6.45) is 2.08. The molecule has 82 valence electrons. The fourth-order valence-corrected chi connectivity index (χ4v) is 2.38. The summed E-state index contributed by atoms with van der Waals surface area (Å²) in [7, 11) is 2.01. The first-order chi connectivity index (χ1) is 7.20. The molecule has 2 atom stereocenters. The Morgan fingerprint density at radius 3 is 2.80 bits per heavy atom. The summed E-state index contributed by atoms with van der Waals surface area (Å²) in [6, 6.07) is 6.99. The number of rotatable bonds is 1. The number of likely N-dealkylation sites (tertiary alicyclic amines) is 1. The van der Waals surface area contributed by atoms with E-state index in [1.165, 1.54) is 6.07 Å². The summed E-state index contributed by atoms with van der Waals surface area (Å²) in [5.41, 5.74) is 6.79. The number of nitrogens with two attached hydrogens (primary N) is 1. The molecule has 0 spiro atoms. The average Bonchev–Trinajstić information content (AvgIpc) is 2.20. The second-order valence-corrected chi connectivity index (χ2v) is 4.25. The van der Waals surface area contributed by atoms with Crippen LogP contribution in [0, 0.1) is 5.82 Å². The van der Waals surface area contributed by atoms with Crippen molar-refractivity contribution < 1.29 is 4.39 Å². The fourth-order valence-electron chi connectivity index (χ4n) is 2.38. The molecule has 2 nitrogen and oxygen atoms in total. The molecule has 0 aromatic heterocycles. The zero-order valence-corrected chi connectivity index (χ0v) is 8.99. The van der Waals surface area contributed by atoms with Gasteiger partial charge in [-0.05, 0) is 32.5 Å². The summed E-state index contributed by atoms with van der Waals surface area (Å²) >= 11 is 0. The van der Waals surface area contributed by atoms with Crippen LogP contribution in [0.4, 0.5) is 4.39 Å². The molecular formula is C12H17FN2. The van der Waals surface area contributed by atoms with E-state index in [0.29, 0.717) is 0 Å². The number of nitrogens with zero attached hydrogens (tertiary/aromatic N) is 1. The Kier molecular flexibility index (Phi) is 3.03. The largest absolute Gasteiger partial charge is 0.326 e. The molecule has 2 unspecified atom stereocenters. The van der Waals surface area contributed by atoms with E-state index in [1.807, 2.05) is 19.2 Å². The molecule has 0 saturated carbocycles. The van der Waals surface area contributed by atoms with Crippen LogP contribution in [0.3, 0.4) is 0 Å². The van der Waals surface area contributed by atoms with Gasteiger partial charge in [-0.1, -0.05) is 18.2 Å². The van der Waals surface area contributed by atoms with Crippen molar-refractivity contribution in [2.45, 2.75) is 24.9 Å². The number of benzene rings is 1.